The molecule has 2 aromatic rings. The van der Waals surface area contributed by atoms with Crippen molar-refractivity contribution < 1.29 is 19.0 Å². The van der Waals surface area contributed by atoms with Gasteiger partial charge in [-0.25, -0.2) is 9.37 Å². The van der Waals surface area contributed by atoms with Crippen LogP contribution in [0.15, 0.2) is 30.3 Å². The van der Waals surface area contributed by atoms with Gasteiger partial charge in [0.25, 0.3) is 0 Å². The number of carbonyl (C=O) groups is 1. The lowest BCUT2D eigenvalue weighted by atomic mass is 10.0. The standard InChI is InChI=1S/C18H20FN3O3/c1-12-10-16(25-15-8-3-2-6-13(15)19)21-18(20-12)14-7-4-5-9-22(14)11-17(23)24/h2-3,6,8,10,14H,4-5,7,9,11H2,1H3,(H,23,24)/t14-/m1/s1. The van der Waals surface area contributed by atoms with Gasteiger partial charge in [-0.1, -0.05) is 18.6 Å². The molecule has 1 aliphatic heterocycles. The van der Waals surface area contributed by atoms with Gasteiger partial charge in [-0.05, 0) is 38.4 Å². The fourth-order valence-electron chi connectivity index (χ4n) is 3.05. The van der Waals surface area contributed by atoms with Gasteiger partial charge in [0.05, 0.1) is 12.6 Å². The van der Waals surface area contributed by atoms with Crippen LogP contribution in [0.3, 0.4) is 0 Å². The normalized spacial score (nSPS) is 18.1. The first kappa shape index (κ1) is 17.3. The molecule has 0 aliphatic carbocycles. The number of nitrogens with zero attached hydrogens (tertiary/aromatic N) is 3. The van der Waals surface area contributed by atoms with Crippen molar-refractivity contribution in [3.8, 4) is 11.6 Å². The summed E-state index contributed by atoms with van der Waals surface area (Å²) in [7, 11) is 0. The molecule has 1 aliphatic rings. The minimum absolute atomic E-state index is 0.0501. The quantitative estimate of drug-likeness (QED) is 0.896. The van der Waals surface area contributed by atoms with E-state index < -0.39 is 11.8 Å². The second-order valence-corrected chi connectivity index (χ2v) is 6.11. The minimum Gasteiger partial charge on any atom is -0.480 e. The van der Waals surface area contributed by atoms with Crippen molar-refractivity contribution in [1.82, 2.24) is 14.9 Å². The number of ether oxygens (including phenoxy) is 1. The van der Waals surface area contributed by atoms with Crippen LogP contribution < -0.4 is 4.74 Å². The summed E-state index contributed by atoms with van der Waals surface area (Å²) >= 11 is 0. The third kappa shape index (κ3) is 4.30. The summed E-state index contributed by atoms with van der Waals surface area (Å²) in [4.78, 5) is 21.9. The summed E-state index contributed by atoms with van der Waals surface area (Å²) < 4.78 is 19.4. The number of benzene rings is 1. The van der Waals surface area contributed by atoms with E-state index in [0.717, 1.165) is 19.3 Å². The van der Waals surface area contributed by atoms with Gasteiger partial charge in [0.15, 0.2) is 11.6 Å². The Morgan fingerprint density at radius 2 is 2.16 bits per heavy atom. The molecule has 132 valence electrons. The number of hydrogen-bond donors (Lipinski definition) is 1. The van der Waals surface area contributed by atoms with Crippen molar-refractivity contribution in [2.24, 2.45) is 0 Å². The number of aryl methyl sites for hydroxylation is 1. The predicted molar refractivity (Wildman–Crippen MR) is 89.0 cm³/mol. The average molecular weight is 345 g/mol. The van der Waals surface area contributed by atoms with Gasteiger partial charge >= 0.3 is 5.97 Å². The summed E-state index contributed by atoms with van der Waals surface area (Å²) in [5.74, 6) is -0.466. The largest absolute Gasteiger partial charge is 0.480 e. The second kappa shape index (κ2) is 7.57. The van der Waals surface area contributed by atoms with Crippen molar-refractivity contribution in [2.45, 2.75) is 32.2 Å². The molecule has 0 saturated carbocycles. The molecule has 1 atom stereocenters. The molecular formula is C18H20FN3O3. The van der Waals surface area contributed by atoms with Gasteiger partial charge in [0.1, 0.15) is 5.82 Å². The van der Waals surface area contributed by atoms with E-state index in [-0.39, 0.29) is 24.2 Å². The molecule has 0 bridgehead atoms. The maximum atomic E-state index is 13.8. The number of carboxylic acid groups (broad SMARTS) is 1. The first-order valence-electron chi connectivity index (χ1n) is 8.27. The molecule has 0 unspecified atom stereocenters. The van der Waals surface area contributed by atoms with E-state index in [1.807, 2.05) is 11.8 Å². The van der Waals surface area contributed by atoms with Crippen LogP contribution in [0.25, 0.3) is 0 Å². The highest BCUT2D eigenvalue weighted by Gasteiger charge is 2.28. The summed E-state index contributed by atoms with van der Waals surface area (Å²) in [5, 5.41) is 9.12. The topological polar surface area (TPSA) is 75.5 Å². The molecule has 3 rings (SSSR count). The zero-order valence-electron chi connectivity index (χ0n) is 14.0. The summed E-state index contributed by atoms with van der Waals surface area (Å²) in [5.41, 5.74) is 0.692. The zero-order valence-corrected chi connectivity index (χ0v) is 14.0. The van der Waals surface area contributed by atoms with Gasteiger partial charge in [-0.3, -0.25) is 9.69 Å². The molecule has 1 N–H and O–H groups in total. The van der Waals surface area contributed by atoms with E-state index in [1.54, 1.807) is 18.2 Å². The molecule has 7 heteroatoms. The molecule has 0 spiro atoms. The average Bonchev–Trinajstić information content (AvgIpc) is 2.56. The Labute approximate surface area is 145 Å². The van der Waals surface area contributed by atoms with Crippen molar-refractivity contribution in [2.75, 3.05) is 13.1 Å². The van der Waals surface area contributed by atoms with Gasteiger partial charge < -0.3 is 9.84 Å². The summed E-state index contributed by atoms with van der Waals surface area (Å²) in [6, 6.07) is 7.59. The molecule has 1 fully saturated rings. The van der Waals surface area contributed by atoms with E-state index in [1.165, 1.54) is 12.1 Å². The highest BCUT2D eigenvalue weighted by molar-refractivity contribution is 5.69. The summed E-state index contributed by atoms with van der Waals surface area (Å²) in [6.07, 6.45) is 2.73. The lowest BCUT2D eigenvalue weighted by Crippen LogP contribution is -2.38. The Bertz CT molecular complexity index is 769. The Hall–Kier alpha value is -2.54. The van der Waals surface area contributed by atoms with Crippen LogP contribution in [0, 0.1) is 12.7 Å². The Kier molecular flexibility index (Phi) is 5.23. The van der Waals surface area contributed by atoms with E-state index >= 15 is 0 Å². The van der Waals surface area contributed by atoms with Crippen LogP contribution >= 0.6 is 0 Å². The Balaban J connectivity index is 1.87. The van der Waals surface area contributed by atoms with Crippen molar-refractivity contribution in [3.05, 3.63) is 47.7 Å². The number of likely N-dealkylation sites (tertiary alicyclic amines) is 1. The number of carboxylic acids is 1. The maximum absolute atomic E-state index is 13.8. The Morgan fingerprint density at radius 3 is 2.92 bits per heavy atom. The predicted octanol–water partition coefficient (Wildman–Crippen LogP) is 3.33. The van der Waals surface area contributed by atoms with Gasteiger partial charge in [0, 0.05) is 11.8 Å². The van der Waals surface area contributed by atoms with E-state index in [4.69, 9.17) is 9.84 Å². The molecule has 0 radical (unpaired) electrons. The molecule has 0 amide bonds. The highest BCUT2D eigenvalue weighted by atomic mass is 19.1. The first-order valence-corrected chi connectivity index (χ1v) is 8.27. The number of para-hydroxylation sites is 1. The molecule has 1 aromatic heterocycles. The zero-order chi connectivity index (χ0) is 17.8. The maximum Gasteiger partial charge on any atom is 0.317 e. The highest BCUT2D eigenvalue weighted by Crippen LogP contribution is 2.31. The molecule has 6 nitrogen and oxygen atoms in total. The fraction of sp³-hybridized carbons (Fsp3) is 0.389. The van der Waals surface area contributed by atoms with E-state index in [2.05, 4.69) is 9.97 Å². The molecule has 1 saturated heterocycles. The lowest BCUT2D eigenvalue weighted by Gasteiger charge is -2.33. The number of rotatable bonds is 5. The third-order valence-electron chi connectivity index (χ3n) is 4.15. The van der Waals surface area contributed by atoms with Crippen LogP contribution in [0.1, 0.15) is 36.8 Å². The fourth-order valence-corrected chi connectivity index (χ4v) is 3.05. The van der Waals surface area contributed by atoms with E-state index in [0.29, 0.717) is 18.1 Å². The number of hydrogen-bond acceptors (Lipinski definition) is 5. The molecule has 1 aromatic carbocycles. The number of aliphatic carboxylic acids is 1. The van der Waals surface area contributed by atoms with Gasteiger partial charge in [-0.2, -0.15) is 4.98 Å². The van der Waals surface area contributed by atoms with E-state index in [9.17, 15) is 9.18 Å². The lowest BCUT2D eigenvalue weighted by molar-refractivity contribution is -0.139. The van der Waals surface area contributed by atoms with Crippen LogP contribution in [0.5, 0.6) is 11.6 Å². The third-order valence-corrected chi connectivity index (χ3v) is 4.15. The molecule has 2 heterocycles. The van der Waals surface area contributed by atoms with Crippen molar-refractivity contribution >= 4 is 5.97 Å². The monoisotopic (exact) mass is 345 g/mol. The summed E-state index contributed by atoms with van der Waals surface area (Å²) in [6.45, 7) is 2.45. The van der Waals surface area contributed by atoms with Crippen LogP contribution in [-0.2, 0) is 4.79 Å². The first-order chi connectivity index (χ1) is 12.0. The number of piperidine rings is 1. The van der Waals surface area contributed by atoms with Crippen LogP contribution in [0.2, 0.25) is 0 Å². The molecule has 25 heavy (non-hydrogen) atoms. The number of aromatic nitrogens is 2. The smallest absolute Gasteiger partial charge is 0.317 e. The molecular weight excluding hydrogens is 325 g/mol. The van der Waals surface area contributed by atoms with Crippen molar-refractivity contribution in [1.29, 1.82) is 0 Å². The number of halogens is 1. The van der Waals surface area contributed by atoms with Gasteiger partial charge in [-0.15, -0.1) is 0 Å². The van der Waals surface area contributed by atoms with Crippen LogP contribution in [-0.4, -0.2) is 39.0 Å². The van der Waals surface area contributed by atoms with Crippen molar-refractivity contribution in [3.63, 3.8) is 0 Å². The minimum atomic E-state index is -0.873. The SMILES string of the molecule is Cc1cc(Oc2ccccc2F)nc([C@H]2CCCCN2CC(=O)O)n1. The van der Waals surface area contributed by atoms with Gasteiger partial charge in [0.2, 0.25) is 5.88 Å². The second-order valence-electron chi connectivity index (χ2n) is 6.11. The Morgan fingerprint density at radius 1 is 1.36 bits per heavy atom. The van der Waals surface area contributed by atoms with Crippen LogP contribution in [0.4, 0.5) is 4.39 Å².